The molecule has 1 aromatic carbocycles. The lowest BCUT2D eigenvalue weighted by molar-refractivity contribution is 0.534. The van der Waals surface area contributed by atoms with Crippen molar-refractivity contribution in [3.8, 4) is 0 Å². The SMILES string of the molecule is Cc1ccc(S(=O)(=O)NC(C)c2nnc3n2CCCCC3)cc1. The summed E-state index contributed by atoms with van der Waals surface area (Å²) in [4.78, 5) is 0.269. The summed E-state index contributed by atoms with van der Waals surface area (Å²) >= 11 is 0. The fraction of sp³-hybridized carbons (Fsp3) is 0.500. The van der Waals surface area contributed by atoms with Gasteiger partial charge in [0, 0.05) is 13.0 Å². The molecule has 1 atom stereocenters. The highest BCUT2D eigenvalue weighted by Gasteiger charge is 2.24. The van der Waals surface area contributed by atoms with Gasteiger partial charge >= 0.3 is 0 Å². The zero-order chi connectivity index (χ0) is 16.4. The van der Waals surface area contributed by atoms with E-state index in [0.29, 0.717) is 5.82 Å². The summed E-state index contributed by atoms with van der Waals surface area (Å²) in [6.45, 7) is 4.60. The Balaban J connectivity index is 1.83. The van der Waals surface area contributed by atoms with Crippen molar-refractivity contribution in [2.45, 2.75) is 57.0 Å². The molecule has 1 aliphatic rings. The molecular formula is C16H22N4O2S. The summed E-state index contributed by atoms with van der Waals surface area (Å²) in [7, 11) is -3.57. The molecule has 0 radical (unpaired) electrons. The van der Waals surface area contributed by atoms with Gasteiger partial charge in [0.1, 0.15) is 5.82 Å². The van der Waals surface area contributed by atoms with Crippen molar-refractivity contribution in [3.63, 3.8) is 0 Å². The standard InChI is InChI=1S/C16H22N4O2S/c1-12-7-9-14(10-8-12)23(21,22)19-13(2)16-18-17-15-6-4-3-5-11-20(15)16/h7-10,13,19H,3-6,11H2,1-2H3. The Morgan fingerprint density at radius 3 is 2.61 bits per heavy atom. The van der Waals surface area contributed by atoms with Gasteiger partial charge in [0.25, 0.3) is 0 Å². The minimum absolute atomic E-state index is 0.269. The molecular weight excluding hydrogens is 312 g/mol. The average molecular weight is 334 g/mol. The molecule has 6 nitrogen and oxygen atoms in total. The predicted molar refractivity (Wildman–Crippen MR) is 87.5 cm³/mol. The Morgan fingerprint density at radius 2 is 1.87 bits per heavy atom. The van der Waals surface area contributed by atoms with E-state index in [1.54, 1.807) is 24.3 Å². The third kappa shape index (κ3) is 3.45. The monoisotopic (exact) mass is 334 g/mol. The predicted octanol–water partition coefficient (Wildman–Crippen LogP) is 2.35. The fourth-order valence-corrected chi connectivity index (χ4v) is 4.10. The van der Waals surface area contributed by atoms with Crippen molar-refractivity contribution in [1.82, 2.24) is 19.5 Å². The maximum atomic E-state index is 12.5. The quantitative estimate of drug-likeness (QED) is 0.931. The summed E-state index contributed by atoms with van der Waals surface area (Å²) in [5, 5.41) is 8.45. The van der Waals surface area contributed by atoms with Crippen molar-refractivity contribution < 1.29 is 8.42 Å². The molecule has 1 unspecified atom stereocenters. The summed E-state index contributed by atoms with van der Waals surface area (Å²) in [6, 6.07) is 6.41. The van der Waals surface area contributed by atoms with Crippen molar-refractivity contribution in [2.75, 3.05) is 0 Å². The number of fused-ring (bicyclic) bond motifs is 1. The van der Waals surface area contributed by atoms with E-state index in [0.717, 1.165) is 37.2 Å². The number of rotatable bonds is 4. The van der Waals surface area contributed by atoms with Gasteiger partial charge in [-0.15, -0.1) is 10.2 Å². The van der Waals surface area contributed by atoms with Gasteiger partial charge in [-0.25, -0.2) is 13.1 Å². The molecule has 2 heterocycles. The molecule has 0 aliphatic carbocycles. The topological polar surface area (TPSA) is 76.9 Å². The lowest BCUT2D eigenvalue weighted by Crippen LogP contribution is -2.29. The van der Waals surface area contributed by atoms with Crippen LogP contribution in [0.3, 0.4) is 0 Å². The van der Waals surface area contributed by atoms with Crippen LogP contribution in [0.1, 0.15) is 49.4 Å². The molecule has 0 saturated carbocycles. The van der Waals surface area contributed by atoms with E-state index in [4.69, 9.17) is 0 Å². The highest BCUT2D eigenvalue weighted by molar-refractivity contribution is 7.89. The average Bonchev–Trinajstić information content (AvgIpc) is 2.76. The van der Waals surface area contributed by atoms with Crippen LogP contribution in [0.25, 0.3) is 0 Å². The van der Waals surface area contributed by atoms with Gasteiger partial charge < -0.3 is 4.57 Å². The van der Waals surface area contributed by atoms with Gasteiger partial charge in [0.05, 0.1) is 10.9 Å². The van der Waals surface area contributed by atoms with Gasteiger partial charge in [0.2, 0.25) is 10.0 Å². The van der Waals surface area contributed by atoms with E-state index < -0.39 is 16.1 Å². The third-order valence-electron chi connectivity index (χ3n) is 4.19. The number of sulfonamides is 1. The number of hydrogen-bond acceptors (Lipinski definition) is 4. The first-order valence-corrected chi connectivity index (χ1v) is 9.47. The molecule has 23 heavy (non-hydrogen) atoms. The van der Waals surface area contributed by atoms with Gasteiger partial charge in [-0.3, -0.25) is 0 Å². The zero-order valence-corrected chi connectivity index (χ0v) is 14.3. The first-order chi connectivity index (χ1) is 11.0. The molecule has 1 aromatic heterocycles. The minimum Gasteiger partial charge on any atom is -0.314 e. The molecule has 1 N–H and O–H groups in total. The van der Waals surface area contributed by atoms with Gasteiger partial charge in [-0.05, 0) is 38.8 Å². The van der Waals surface area contributed by atoms with Crippen molar-refractivity contribution in [1.29, 1.82) is 0 Å². The van der Waals surface area contributed by atoms with Crippen LogP contribution in [0.5, 0.6) is 0 Å². The lowest BCUT2D eigenvalue weighted by atomic mass is 10.2. The number of hydrogen-bond donors (Lipinski definition) is 1. The highest BCUT2D eigenvalue weighted by atomic mass is 32.2. The molecule has 0 bridgehead atoms. The number of aromatic nitrogens is 3. The van der Waals surface area contributed by atoms with E-state index in [1.807, 2.05) is 13.8 Å². The van der Waals surface area contributed by atoms with Crippen LogP contribution < -0.4 is 4.72 Å². The minimum atomic E-state index is -3.57. The van der Waals surface area contributed by atoms with Crippen LogP contribution in [0.4, 0.5) is 0 Å². The number of aryl methyl sites for hydroxylation is 2. The molecule has 2 aromatic rings. The molecule has 7 heteroatoms. The molecule has 0 spiro atoms. The Kier molecular flexibility index (Phi) is 4.50. The van der Waals surface area contributed by atoms with E-state index in [-0.39, 0.29) is 4.90 Å². The van der Waals surface area contributed by atoms with Crippen LogP contribution in [-0.2, 0) is 23.0 Å². The van der Waals surface area contributed by atoms with Gasteiger partial charge in [-0.2, -0.15) is 0 Å². The number of nitrogens with zero attached hydrogens (tertiary/aromatic N) is 3. The van der Waals surface area contributed by atoms with Crippen LogP contribution in [0.15, 0.2) is 29.2 Å². The number of benzene rings is 1. The number of nitrogens with one attached hydrogen (secondary N) is 1. The largest absolute Gasteiger partial charge is 0.314 e. The normalized spacial score (nSPS) is 16.6. The summed E-state index contributed by atoms with van der Waals surface area (Å²) in [6.07, 6.45) is 4.27. The Morgan fingerprint density at radius 1 is 1.13 bits per heavy atom. The smallest absolute Gasteiger partial charge is 0.241 e. The van der Waals surface area contributed by atoms with E-state index >= 15 is 0 Å². The second-order valence-electron chi connectivity index (χ2n) is 6.09. The first-order valence-electron chi connectivity index (χ1n) is 7.98. The van der Waals surface area contributed by atoms with E-state index in [1.165, 1.54) is 6.42 Å². The highest BCUT2D eigenvalue weighted by Crippen LogP contribution is 2.20. The van der Waals surface area contributed by atoms with Crippen LogP contribution in [0.2, 0.25) is 0 Å². The Bertz CT molecular complexity index is 781. The molecule has 0 amide bonds. The Labute approximate surface area is 137 Å². The van der Waals surface area contributed by atoms with Gasteiger partial charge in [0.15, 0.2) is 5.82 Å². The van der Waals surface area contributed by atoms with Crippen molar-refractivity contribution in [3.05, 3.63) is 41.5 Å². The van der Waals surface area contributed by atoms with Gasteiger partial charge in [-0.1, -0.05) is 24.1 Å². The molecule has 0 saturated heterocycles. The lowest BCUT2D eigenvalue weighted by Gasteiger charge is -2.15. The molecule has 1 aliphatic heterocycles. The van der Waals surface area contributed by atoms with E-state index in [2.05, 4.69) is 19.5 Å². The maximum Gasteiger partial charge on any atom is 0.241 e. The second kappa shape index (κ2) is 6.41. The van der Waals surface area contributed by atoms with Crippen molar-refractivity contribution in [2.24, 2.45) is 0 Å². The third-order valence-corrected chi connectivity index (χ3v) is 5.75. The summed E-state index contributed by atoms with van der Waals surface area (Å²) in [5.41, 5.74) is 1.03. The zero-order valence-electron chi connectivity index (χ0n) is 13.5. The molecule has 124 valence electrons. The molecule has 0 fully saturated rings. The second-order valence-corrected chi connectivity index (χ2v) is 7.81. The van der Waals surface area contributed by atoms with Crippen LogP contribution in [-0.4, -0.2) is 23.2 Å². The van der Waals surface area contributed by atoms with Crippen molar-refractivity contribution >= 4 is 10.0 Å². The first kappa shape index (κ1) is 16.1. The Hall–Kier alpha value is -1.73. The summed E-state index contributed by atoms with van der Waals surface area (Å²) < 4.78 is 29.8. The van der Waals surface area contributed by atoms with E-state index in [9.17, 15) is 8.42 Å². The molecule has 3 rings (SSSR count). The fourth-order valence-electron chi connectivity index (χ4n) is 2.90. The van der Waals surface area contributed by atoms with Crippen LogP contribution >= 0.6 is 0 Å². The summed E-state index contributed by atoms with van der Waals surface area (Å²) in [5.74, 6) is 1.65. The maximum absolute atomic E-state index is 12.5. The van der Waals surface area contributed by atoms with Crippen LogP contribution in [0, 0.1) is 6.92 Å².